The molecule has 0 unspecified atom stereocenters. The van der Waals surface area contributed by atoms with Crippen molar-refractivity contribution in [3.63, 3.8) is 0 Å². The lowest BCUT2D eigenvalue weighted by atomic mass is 10.1. The van der Waals surface area contributed by atoms with Crippen LogP contribution in [0.5, 0.6) is 11.5 Å². The number of fused-ring (bicyclic) bond motifs is 1. The molecule has 2 aromatic carbocycles. The molecular weight excluding hydrogens is 398 g/mol. The zero-order chi connectivity index (χ0) is 22.0. The molecule has 31 heavy (non-hydrogen) atoms. The highest BCUT2D eigenvalue weighted by Gasteiger charge is 2.36. The van der Waals surface area contributed by atoms with E-state index in [1.165, 1.54) is 9.80 Å². The Morgan fingerprint density at radius 1 is 0.935 bits per heavy atom. The number of carbonyl (C=O) groups is 3. The molecule has 0 atom stereocenters. The van der Waals surface area contributed by atoms with Gasteiger partial charge >= 0.3 is 0 Å². The average Bonchev–Trinajstić information content (AvgIpc) is 3.06. The molecule has 8 heteroatoms. The van der Waals surface area contributed by atoms with Crippen LogP contribution in [0.15, 0.2) is 42.5 Å². The van der Waals surface area contributed by atoms with Crippen LogP contribution in [0.3, 0.4) is 0 Å². The van der Waals surface area contributed by atoms with Gasteiger partial charge in [0.1, 0.15) is 0 Å². The predicted octanol–water partition coefficient (Wildman–Crippen LogP) is 0.341. The highest BCUT2D eigenvalue weighted by atomic mass is 16.5. The van der Waals surface area contributed by atoms with Crippen molar-refractivity contribution in [3.05, 3.63) is 59.2 Å². The van der Waals surface area contributed by atoms with Crippen LogP contribution in [-0.4, -0.2) is 81.0 Å². The number of nitrogens with zero attached hydrogens (tertiary/aromatic N) is 2. The minimum Gasteiger partial charge on any atom is -0.493 e. The molecule has 1 saturated heterocycles. The van der Waals surface area contributed by atoms with Crippen molar-refractivity contribution in [2.45, 2.75) is 0 Å². The first-order chi connectivity index (χ1) is 15.0. The zero-order valence-corrected chi connectivity index (χ0v) is 17.7. The van der Waals surface area contributed by atoms with Gasteiger partial charge in [0, 0.05) is 5.56 Å². The third-order valence-corrected chi connectivity index (χ3v) is 5.96. The highest BCUT2D eigenvalue weighted by molar-refractivity contribution is 6.21. The van der Waals surface area contributed by atoms with Gasteiger partial charge < -0.3 is 19.3 Å². The summed E-state index contributed by atoms with van der Waals surface area (Å²) in [6, 6.07) is 12.1. The van der Waals surface area contributed by atoms with E-state index in [0.29, 0.717) is 54.4 Å². The molecular formula is C23H26N3O5+. The summed E-state index contributed by atoms with van der Waals surface area (Å²) in [6.07, 6.45) is 0. The fourth-order valence-corrected chi connectivity index (χ4v) is 4.14. The van der Waals surface area contributed by atoms with Gasteiger partial charge in [0.25, 0.3) is 17.7 Å². The molecule has 4 rings (SSSR count). The maximum absolute atomic E-state index is 12.9. The minimum absolute atomic E-state index is 0.0413. The standard InChI is InChI=1S/C23H25N3O5/c1-30-19-8-7-16(15-20(19)31-2)21(27)25-12-9-24(10-13-25)11-14-26-22(28)17-5-3-4-6-18(17)23(26)29/h3-8,15H,9-14H2,1-2H3/p+1. The molecule has 0 aliphatic carbocycles. The van der Waals surface area contributed by atoms with Crippen LogP contribution in [0.4, 0.5) is 0 Å². The Labute approximate surface area is 180 Å². The number of hydrogen-bond donors (Lipinski definition) is 1. The number of ether oxygens (including phenoxy) is 2. The van der Waals surface area contributed by atoms with Crippen LogP contribution >= 0.6 is 0 Å². The van der Waals surface area contributed by atoms with Gasteiger partial charge in [0.05, 0.1) is 64.6 Å². The third-order valence-electron chi connectivity index (χ3n) is 5.96. The van der Waals surface area contributed by atoms with Gasteiger partial charge in [-0.25, -0.2) is 0 Å². The number of amides is 3. The van der Waals surface area contributed by atoms with E-state index in [4.69, 9.17) is 9.47 Å². The maximum Gasteiger partial charge on any atom is 0.261 e. The predicted molar refractivity (Wildman–Crippen MR) is 113 cm³/mol. The smallest absolute Gasteiger partial charge is 0.261 e. The van der Waals surface area contributed by atoms with E-state index >= 15 is 0 Å². The Morgan fingerprint density at radius 3 is 2.13 bits per heavy atom. The first-order valence-electron chi connectivity index (χ1n) is 10.3. The summed E-state index contributed by atoms with van der Waals surface area (Å²) in [5.41, 5.74) is 1.52. The van der Waals surface area contributed by atoms with Crippen molar-refractivity contribution in [2.75, 3.05) is 53.5 Å². The van der Waals surface area contributed by atoms with Crippen LogP contribution in [0, 0.1) is 0 Å². The number of quaternary nitrogens is 1. The van der Waals surface area contributed by atoms with Crippen molar-refractivity contribution in [3.8, 4) is 11.5 Å². The van der Waals surface area contributed by atoms with Gasteiger partial charge in [-0.1, -0.05) is 12.1 Å². The molecule has 0 aromatic heterocycles. The molecule has 8 nitrogen and oxygen atoms in total. The zero-order valence-electron chi connectivity index (χ0n) is 17.7. The molecule has 1 N–H and O–H groups in total. The Kier molecular flexibility index (Phi) is 5.90. The van der Waals surface area contributed by atoms with Gasteiger partial charge in [0.15, 0.2) is 11.5 Å². The van der Waals surface area contributed by atoms with Crippen LogP contribution in [0.1, 0.15) is 31.1 Å². The molecule has 3 amide bonds. The lowest BCUT2D eigenvalue weighted by Gasteiger charge is -2.33. The molecule has 1 fully saturated rings. The normalized spacial score (nSPS) is 16.5. The van der Waals surface area contributed by atoms with Crippen LogP contribution in [-0.2, 0) is 0 Å². The molecule has 2 aliphatic heterocycles. The second kappa shape index (κ2) is 8.77. The SMILES string of the molecule is COc1ccc(C(=O)N2CC[NH+](CCN3C(=O)c4ccccc4C3=O)CC2)cc1OC. The van der Waals surface area contributed by atoms with Crippen molar-refractivity contribution in [1.82, 2.24) is 9.80 Å². The number of nitrogens with one attached hydrogen (secondary N) is 1. The summed E-state index contributed by atoms with van der Waals surface area (Å²) in [4.78, 5) is 42.3. The van der Waals surface area contributed by atoms with Crippen molar-refractivity contribution in [2.24, 2.45) is 0 Å². The van der Waals surface area contributed by atoms with Crippen LogP contribution in [0.25, 0.3) is 0 Å². The van der Waals surface area contributed by atoms with Gasteiger partial charge in [0.2, 0.25) is 0 Å². The van der Waals surface area contributed by atoms with Gasteiger partial charge in [-0.2, -0.15) is 0 Å². The summed E-state index contributed by atoms with van der Waals surface area (Å²) >= 11 is 0. The minimum atomic E-state index is -0.220. The summed E-state index contributed by atoms with van der Waals surface area (Å²) in [5.74, 6) is 0.630. The molecule has 2 aliphatic rings. The number of piperazine rings is 1. The second-order valence-corrected chi connectivity index (χ2v) is 7.67. The van der Waals surface area contributed by atoms with Crippen LogP contribution in [0.2, 0.25) is 0 Å². The fraction of sp³-hybridized carbons (Fsp3) is 0.348. The van der Waals surface area contributed by atoms with Gasteiger partial charge in [-0.3, -0.25) is 19.3 Å². The number of benzene rings is 2. The first-order valence-corrected chi connectivity index (χ1v) is 10.3. The number of carbonyl (C=O) groups excluding carboxylic acids is 3. The molecule has 162 valence electrons. The second-order valence-electron chi connectivity index (χ2n) is 7.67. The molecule has 0 radical (unpaired) electrons. The Bertz CT molecular complexity index is 979. The molecule has 0 spiro atoms. The molecule has 0 saturated carbocycles. The van der Waals surface area contributed by atoms with E-state index in [1.807, 2.05) is 4.90 Å². The van der Waals surface area contributed by atoms with E-state index < -0.39 is 0 Å². The van der Waals surface area contributed by atoms with E-state index in [2.05, 4.69) is 0 Å². The van der Waals surface area contributed by atoms with Crippen molar-refractivity contribution in [1.29, 1.82) is 0 Å². The van der Waals surface area contributed by atoms with E-state index in [0.717, 1.165) is 13.1 Å². The Hall–Kier alpha value is -3.39. The lowest BCUT2D eigenvalue weighted by Crippen LogP contribution is -3.15. The molecule has 0 bridgehead atoms. The Balaban J connectivity index is 1.31. The van der Waals surface area contributed by atoms with E-state index in [-0.39, 0.29) is 17.7 Å². The highest BCUT2D eigenvalue weighted by Crippen LogP contribution is 2.28. The Morgan fingerprint density at radius 2 is 1.55 bits per heavy atom. The van der Waals surface area contributed by atoms with Gasteiger partial charge in [-0.15, -0.1) is 0 Å². The number of hydrogen-bond acceptors (Lipinski definition) is 5. The van der Waals surface area contributed by atoms with E-state index in [9.17, 15) is 14.4 Å². The average molecular weight is 424 g/mol. The van der Waals surface area contributed by atoms with Crippen LogP contribution < -0.4 is 14.4 Å². The number of rotatable bonds is 6. The fourth-order valence-electron chi connectivity index (χ4n) is 4.14. The topological polar surface area (TPSA) is 80.6 Å². The monoisotopic (exact) mass is 424 g/mol. The number of imide groups is 1. The third kappa shape index (κ3) is 3.98. The maximum atomic E-state index is 12.9. The molecule has 2 aromatic rings. The van der Waals surface area contributed by atoms with Crippen molar-refractivity contribution < 1.29 is 28.8 Å². The summed E-state index contributed by atoms with van der Waals surface area (Å²) < 4.78 is 10.5. The molecule has 2 heterocycles. The summed E-state index contributed by atoms with van der Waals surface area (Å²) in [6.45, 7) is 3.81. The van der Waals surface area contributed by atoms with E-state index in [1.54, 1.807) is 56.7 Å². The quantitative estimate of drug-likeness (QED) is 0.677. The summed E-state index contributed by atoms with van der Waals surface area (Å²) in [7, 11) is 3.10. The lowest BCUT2D eigenvalue weighted by molar-refractivity contribution is -0.903. The van der Waals surface area contributed by atoms with Crippen molar-refractivity contribution >= 4 is 17.7 Å². The largest absolute Gasteiger partial charge is 0.493 e. The number of methoxy groups -OCH3 is 2. The first kappa shape index (κ1) is 20.9. The van der Waals surface area contributed by atoms with Gasteiger partial charge in [-0.05, 0) is 30.3 Å². The summed E-state index contributed by atoms with van der Waals surface area (Å²) in [5, 5.41) is 0.